The standard InChI is InChI=1S/C16H18N6O2/c1-16(2,3)9-22-11(8-21-13(23)7-19-15(21)24)4-10-6-18-12(5-17)20-14(10)22/h4,6-7,23H,8-9H2,1-3H3,(H,19,24). The van der Waals surface area contributed by atoms with Crippen LogP contribution >= 0.6 is 0 Å². The van der Waals surface area contributed by atoms with E-state index in [0.29, 0.717) is 12.2 Å². The normalized spacial score (nSPS) is 11.8. The average Bonchev–Trinajstić information content (AvgIpc) is 3.00. The first kappa shape index (κ1) is 15.8. The Bertz CT molecular complexity index is 996. The SMILES string of the molecule is CC(C)(C)Cn1c(Cn2c(O)c[nH]c2=O)cc2cnc(C#N)nc21. The van der Waals surface area contributed by atoms with E-state index in [0.717, 1.165) is 11.1 Å². The van der Waals surface area contributed by atoms with E-state index in [2.05, 4.69) is 35.7 Å². The van der Waals surface area contributed by atoms with Gasteiger partial charge in [-0.3, -0.25) is 4.57 Å². The third kappa shape index (κ3) is 2.88. The van der Waals surface area contributed by atoms with E-state index in [4.69, 9.17) is 5.26 Å². The van der Waals surface area contributed by atoms with Crippen molar-refractivity contribution in [2.24, 2.45) is 5.41 Å². The van der Waals surface area contributed by atoms with Crippen molar-refractivity contribution in [2.75, 3.05) is 0 Å². The molecule has 0 aliphatic rings. The van der Waals surface area contributed by atoms with E-state index < -0.39 is 0 Å². The molecule has 8 nitrogen and oxygen atoms in total. The molecule has 3 heterocycles. The summed E-state index contributed by atoms with van der Waals surface area (Å²) >= 11 is 0. The van der Waals surface area contributed by atoms with E-state index in [1.807, 2.05) is 16.7 Å². The van der Waals surface area contributed by atoms with Crippen LogP contribution in [0.4, 0.5) is 0 Å². The maximum absolute atomic E-state index is 11.8. The third-order valence-electron chi connectivity index (χ3n) is 3.62. The summed E-state index contributed by atoms with van der Waals surface area (Å²) < 4.78 is 3.21. The molecule has 0 saturated carbocycles. The highest BCUT2D eigenvalue weighted by Crippen LogP contribution is 2.25. The topological polar surface area (TPSA) is 113 Å². The molecule has 0 atom stereocenters. The highest BCUT2D eigenvalue weighted by molar-refractivity contribution is 5.77. The molecule has 0 saturated heterocycles. The van der Waals surface area contributed by atoms with Crippen LogP contribution in [0.5, 0.6) is 5.88 Å². The smallest absolute Gasteiger partial charge is 0.328 e. The van der Waals surface area contributed by atoms with Crippen molar-refractivity contribution >= 4 is 11.0 Å². The van der Waals surface area contributed by atoms with Crippen LogP contribution in [0.2, 0.25) is 0 Å². The summed E-state index contributed by atoms with van der Waals surface area (Å²) in [5.74, 6) is -0.0275. The monoisotopic (exact) mass is 326 g/mol. The lowest BCUT2D eigenvalue weighted by atomic mass is 9.97. The Balaban J connectivity index is 2.17. The second kappa shape index (κ2) is 5.53. The van der Waals surface area contributed by atoms with Gasteiger partial charge in [0.15, 0.2) is 0 Å². The van der Waals surface area contributed by atoms with Crippen molar-refractivity contribution in [1.82, 2.24) is 24.1 Å². The second-order valence-electron chi connectivity index (χ2n) is 6.91. The van der Waals surface area contributed by atoms with Gasteiger partial charge in [0.1, 0.15) is 11.7 Å². The Labute approximate surface area is 138 Å². The molecule has 3 aromatic rings. The minimum atomic E-state index is -0.385. The Kier molecular flexibility index (Phi) is 3.64. The fourth-order valence-corrected chi connectivity index (χ4v) is 2.63. The van der Waals surface area contributed by atoms with E-state index in [1.54, 1.807) is 6.20 Å². The van der Waals surface area contributed by atoms with Crippen LogP contribution in [0.25, 0.3) is 11.0 Å². The first-order valence-electron chi connectivity index (χ1n) is 7.51. The summed E-state index contributed by atoms with van der Waals surface area (Å²) in [5.41, 5.74) is 1.03. The van der Waals surface area contributed by atoms with Gasteiger partial charge in [0.25, 0.3) is 0 Å². The van der Waals surface area contributed by atoms with Gasteiger partial charge in [-0.15, -0.1) is 0 Å². The highest BCUT2D eigenvalue weighted by Gasteiger charge is 2.19. The molecule has 0 fully saturated rings. The Morgan fingerprint density at radius 3 is 2.71 bits per heavy atom. The van der Waals surface area contributed by atoms with Gasteiger partial charge in [0.2, 0.25) is 11.7 Å². The number of H-pyrrole nitrogens is 1. The van der Waals surface area contributed by atoms with Gasteiger partial charge in [-0.2, -0.15) is 5.26 Å². The van der Waals surface area contributed by atoms with Gasteiger partial charge in [-0.1, -0.05) is 20.8 Å². The highest BCUT2D eigenvalue weighted by atomic mass is 16.3. The van der Waals surface area contributed by atoms with Crippen molar-refractivity contribution in [3.05, 3.63) is 40.5 Å². The number of nitrogens with one attached hydrogen (secondary N) is 1. The van der Waals surface area contributed by atoms with Gasteiger partial charge >= 0.3 is 5.69 Å². The lowest BCUT2D eigenvalue weighted by Crippen LogP contribution is -2.22. The number of imidazole rings is 1. The molecular weight excluding hydrogens is 308 g/mol. The molecule has 0 bridgehead atoms. The van der Waals surface area contributed by atoms with E-state index in [-0.39, 0.29) is 29.4 Å². The van der Waals surface area contributed by atoms with Crippen molar-refractivity contribution in [3.8, 4) is 11.9 Å². The van der Waals surface area contributed by atoms with Crippen molar-refractivity contribution < 1.29 is 5.11 Å². The minimum Gasteiger partial charge on any atom is -0.493 e. The molecule has 0 radical (unpaired) electrons. The fourth-order valence-electron chi connectivity index (χ4n) is 2.63. The van der Waals surface area contributed by atoms with Gasteiger partial charge in [0, 0.05) is 23.8 Å². The number of fused-ring (bicyclic) bond motifs is 1. The Hall–Kier alpha value is -3.08. The van der Waals surface area contributed by atoms with E-state index in [1.165, 1.54) is 10.8 Å². The number of aromatic amines is 1. The second-order valence-corrected chi connectivity index (χ2v) is 6.91. The van der Waals surface area contributed by atoms with Crippen LogP contribution in [-0.2, 0) is 13.1 Å². The van der Waals surface area contributed by atoms with Gasteiger partial charge in [-0.25, -0.2) is 14.8 Å². The van der Waals surface area contributed by atoms with Crippen LogP contribution in [0, 0.1) is 16.7 Å². The lowest BCUT2D eigenvalue weighted by Gasteiger charge is -2.21. The molecule has 0 unspecified atom stereocenters. The molecule has 3 rings (SSSR count). The maximum Gasteiger partial charge on any atom is 0.328 e. The first-order valence-corrected chi connectivity index (χ1v) is 7.51. The maximum atomic E-state index is 11.8. The lowest BCUT2D eigenvalue weighted by molar-refractivity contribution is 0.340. The predicted octanol–water partition coefficient (Wildman–Crippen LogP) is 1.59. The number of hydrogen-bond acceptors (Lipinski definition) is 5. The zero-order chi connectivity index (χ0) is 17.5. The summed E-state index contributed by atoms with van der Waals surface area (Å²) in [6.07, 6.45) is 2.86. The van der Waals surface area contributed by atoms with Crippen LogP contribution in [0.3, 0.4) is 0 Å². The Morgan fingerprint density at radius 1 is 1.38 bits per heavy atom. The molecule has 3 aromatic heterocycles. The Morgan fingerprint density at radius 2 is 2.12 bits per heavy atom. The van der Waals surface area contributed by atoms with E-state index >= 15 is 0 Å². The summed E-state index contributed by atoms with van der Waals surface area (Å²) in [7, 11) is 0. The molecule has 0 aliphatic carbocycles. The molecule has 8 heteroatoms. The van der Waals surface area contributed by atoms with Crippen molar-refractivity contribution in [1.29, 1.82) is 5.26 Å². The zero-order valence-corrected chi connectivity index (χ0v) is 13.7. The summed E-state index contributed by atoms with van der Waals surface area (Å²) in [4.78, 5) is 22.6. The van der Waals surface area contributed by atoms with Gasteiger partial charge in [-0.05, 0) is 11.5 Å². The number of nitriles is 1. The third-order valence-corrected chi connectivity index (χ3v) is 3.62. The summed E-state index contributed by atoms with van der Waals surface area (Å²) in [6.45, 7) is 7.12. The molecule has 0 aliphatic heterocycles. The zero-order valence-electron chi connectivity index (χ0n) is 13.7. The number of hydrogen-bond donors (Lipinski definition) is 2. The van der Waals surface area contributed by atoms with Crippen LogP contribution < -0.4 is 5.69 Å². The van der Waals surface area contributed by atoms with Crippen LogP contribution in [0.1, 0.15) is 32.3 Å². The van der Waals surface area contributed by atoms with Crippen LogP contribution in [-0.4, -0.2) is 29.2 Å². The van der Waals surface area contributed by atoms with Gasteiger partial charge in [0.05, 0.1) is 12.7 Å². The molecule has 124 valence electrons. The van der Waals surface area contributed by atoms with E-state index in [9.17, 15) is 9.90 Å². The summed E-state index contributed by atoms with van der Waals surface area (Å²) in [6, 6.07) is 3.82. The molecule has 0 aromatic carbocycles. The average molecular weight is 326 g/mol. The number of nitrogens with zero attached hydrogens (tertiary/aromatic N) is 5. The molecule has 24 heavy (non-hydrogen) atoms. The number of aromatic nitrogens is 5. The molecule has 0 spiro atoms. The predicted molar refractivity (Wildman–Crippen MR) is 87.5 cm³/mol. The largest absolute Gasteiger partial charge is 0.493 e. The van der Waals surface area contributed by atoms with Crippen molar-refractivity contribution in [3.63, 3.8) is 0 Å². The molecule has 0 amide bonds. The fraction of sp³-hybridized carbons (Fsp3) is 0.375. The molecular formula is C16H18N6O2. The quantitative estimate of drug-likeness (QED) is 0.759. The van der Waals surface area contributed by atoms with Crippen molar-refractivity contribution in [2.45, 2.75) is 33.9 Å². The summed E-state index contributed by atoms with van der Waals surface area (Å²) in [5, 5.41) is 19.7. The number of rotatable bonds is 3. The number of aromatic hydroxyl groups is 1. The first-order chi connectivity index (χ1) is 11.3. The minimum absolute atomic E-state index is 0.0381. The molecule has 2 N–H and O–H groups in total. The van der Waals surface area contributed by atoms with Crippen LogP contribution in [0.15, 0.2) is 23.3 Å². The van der Waals surface area contributed by atoms with Gasteiger partial charge < -0.3 is 14.7 Å².